The number of ether oxygens (including phenoxy) is 2. The Bertz CT molecular complexity index is 713. The molecule has 2 saturated heterocycles. The maximum Gasteiger partial charge on any atom is 0.244 e. The standard InChI is InChI=1S/C15H19ClN2O5S/c16-13-2-1-12(17-15(19)11-3-6-23-10-11)9-14(13)24(20,21)18-4-7-22-8-5-18/h1-2,9,11H,3-8,10H2,(H,17,19). The van der Waals surface area contributed by atoms with Gasteiger partial charge in [0, 0.05) is 25.4 Å². The van der Waals surface area contributed by atoms with Crippen molar-refractivity contribution >= 4 is 33.2 Å². The molecule has 7 nitrogen and oxygen atoms in total. The number of anilines is 1. The predicted octanol–water partition coefficient (Wildman–Crippen LogP) is 1.34. The third kappa shape index (κ3) is 3.73. The van der Waals surface area contributed by atoms with Crippen molar-refractivity contribution in [3.8, 4) is 0 Å². The van der Waals surface area contributed by atoms with Gasteiger partial charge in [-0.15, -0.1) is 0 Å². The Kier molecular flexibility index (Phi) is 5.41. The Labute approximate surface area is 145 Å². The molecule has 2 aliphatic heterocycles. The van der Waals surface area contributed by atoms with Crippen LogP contribution < -0.4 is 5.32 Å². The van der Waals surface area contributed by atoms with Gasteiger partial charge in [-0.2, -0.15) is 4.31 Å². The van der Waals surface area contributed by atoms with Gasteiger partial charge >= 0.3 is 0 Å². The summed E-state index contributed by atoms with van der Waals surface area (Å²) in [5.41, 5.74) is 0.406. The highest BCUT2D eigenvalue weighted by Gasteiger charge is 2.29. The van der Waals surface area contributed by atoms with Crippen LogP contribution in [0, 0.1) is 5.92 Å². The summed E-state index contributed by atoms with van der Waals surface area (Å²) >= 11 is 6.09. The zero-order chi connectivity index (χ0) is 17.2. The monoisotopic (exact) mass is 374 g/mol. The van der Waals surface area contributed by atoms with E-state index in [1.54, 1.807) is 6.07 Å². The number of rotatable bonds is 4. The summed E-state index contributed by atoms with van der Waals surface area (Å²) in [6.45, 7) is 2.24. The zero-order valence-electron chi connectivity index (χ0n) is 13.0. The molecule has 3 rings (SSSR count). The van der Waals surface area contributed by atoms with Gasteiger partial charge in [0.05, 0.1) is 30.8 Å². The smallest absolute Gasteiger partial charge is 0.244 e. The van der Waals surface area contributed by atoms with Gasteiger partial charge in [0.25, 0.3) is 0 Å². The number of carbonyl (C=O) groups excluding carboxylic acids is 1. The minimum Gasteiger partial charge on any atom is -0.381 e. The highest BCUT2D eigenvalue weighted by atomic mass is 35.5. The first-order chi connectivity index (χ1) is 11.5. The lowest BCUT2D eigenvalue weighted by molar-refractivity contribution is -0.119. The van der Waals surface area contributed by atoms with Gasteiger partial charge < -0.3 is 14.8 Å². The van der Waals surface area contributed by atoms with Crippen molar-refractivity contribution in [2.75, 3.05) is 44.8 Å². The zero-order valence-corrected chi connectivity index (χ0v) is 14.6. The van der Waals surface area contributed by atoms with E-state index in [1.807, 2.05) is 0 Å². The second-order valence-corrected chi connectivity index (χ2v) is 8.02. The summed E-state index contributed by atoms with van der Waals surface area (Å²) in [6, 6.07) is 4.48. The molecule has 2 fully saturated rings. The van der Waals surface area contributed by atoms with Crippen LogP contribution in [0.25, 0.3) is 0 Å². The van der Waals surface area contributed by atoms with Crippen LogP contribution in [0.15, 0.2) is 23.1 Å². The molecule has 0 aromatic heterocycles. The van der Waals surface area contributed by atoms with Crippen molar-refractivity contribution in [3.63, 3.8) is 0 Å². The van der Waals surface area contributed by atoms with E-state index in [0.29, 0.717) is 38.5 Å². The molecule has 9 heteroatoms. The molecule has 1 aromatic rings. The van der Waals surface area contributed by atoms with Gasteiger partial charge in [0.2, 0.25) is 15.9 Å². The predicted molar refractivity (Wildman–Crippen MR) is 88.6 cm³/mol. The van der Waals surface area contributed by atoms with E-state index in [2.05, 4.69) is 5.32 Å². The quantitative estimate of drug-likeness (QED) is 0.859. The number of amides is 1. The summed E-state index contributed by atoms with van der Waals surface area (Å²) < 4.78 is 37.2. The van der Waals surface area contributed by atoms with Crippen LogP contribution in [0.4, 0.5) is 5.69 Å². The van der Waals surface area contributed by atoms with Crippen molar-refractivity contribution in [2.24, 2.45) is 5.92 Å². The number of carbonyl (C=O) groups is 1. The lowest BCUT2D eigenvalue weighted by Crippen LogP contribution is -2.40. The summed E-state index contributed by atoms with van der Waals surface area (Å²) in [4.78, 5) is 12.2. The van der Waals surface area contributed by atoms with Crippen LogP contribution in [-0.4, -0.2) is 58.1 Å². The molecule has 132 valence electrons. The molecule has 0 spiro atoms. The molecule has 2 aliphatic rings. The molecular weight excluding hydrogens is 356 g/mol. The van der Waals surface area contributed by atoms with Gasteiger partial charge in [0.1, 0.15) is 4.90 Å². The fourth-order valence-corrected chi connectivity index (χ4v) is 4.60. The van der Waals surface area contributed by atoms with Crippen molar-refractivity contribution < 1.29 is 22.7 Å². The molecule has 0 saturated carbocycles. The molecule has 24 heavy (non-hydrogen) atoms. The average Bonchev–Trinajstić information content (AvgIpc) is 3.12. The lowest BCUT2D eigenvalue weighted by Gasteiger charge is -2.26. The fraction of sp³-hybridized carbons (Fsp3) is 0.533. The van der Waals surface area contributed by atoms with Gasteiger partial charge in [0.15, 0.2) is 0 Å². The second-order valence-electron chi connectivity index (χ2n) is 5.71. The van der Waals surface area contributed by atoms with Crippen LogP contribution in [-0.2, 0) is 24.3 Å². The maximum atomic E-state index is 12.8. The second kappa shape index (κ2) is 7.37. The van der Waals surface area contributed by atoms with E-state index in [4.69, 9.17) is 21.1 Å². The van der Waals surface area contributed by atoms with Crippen LogP contribution in [0.5, 0.6) is 0 Å². The Morgan fingerprint density at radius 2 is 1.96 bits per heavy atom. The number of hydrogen-bond acceptors (Lipinski definition) is 5. The summed E-state index contributed by atoms with van der Waals surface area (Å²) in [5, 5.41) is 2.87. The van der Waals surface area contributed by atoms with Gasteiger partial charge in [-0.1, -0.05) is 11.6 Å². The highest BCUT2D eigenvalue weighted by Crippen LogP contribution is 2.28. The van der Waals surface area contributed by atoms with Gasteiger partial charge in [-0.25, -0.2) is 8.42 Å². The first kappa shape index (κ1) is 17.6. The first-order valence-corrected chi connectivity index (χ1v) is 9.56. The maximum absolute atomic E-state index is 12.8. The Hall–Kier alpha value is -1.19. The molecule has 1 aromatic carbocycles. The van der Waals surface area contributed by atoms with Crippen LogP contribution >= 0.6 is 11.6 Å². The van der Waals surface area contributed by atoms with E-state index >= 15 is 0 Å². The normalized spacial score (nSPS) is 22.5. The minimum atomic E-state index is -3.72. The molecule has 2 heterocycles. The Morgan fingerprint density at radius 1 is 1.21 bits per heavy atom. The van der Waals surface area contributed by atoms with E-state index in [1.165, 1.54) is 16.4 Å². The lowest BCUT2D eigenvalue weighted by atomic mass is 10.1. The Morgan fingerprint density at radius 3 is 2.62 bits per heavy atom. The molecule has 1 N–H and O–H groups in total. The number of morpholine rings is 1. The van der Waals surface area contributed by atoms with Gasteiger partial charge in [-0.05, 0) is 24.6 Å². The first-order valence-electron chi connectivity index (χ1n) is 7.74. The number of nitrogens with one attached hydrogen (secondary N) is 1. The minimum absolute atomic E-state index is 0.00783. The molecule has 1 amide bonds. The molecule has 0 bridgehead atoms. The number of benzene rings is 1. The molecule has 1 atom stereocenters. The topological polar surface area (TPSA) is 84.9 Å². The molecular formula is C15H19ClN2O5S. The van der Waals surface area contributed by atoms with Crippen molar-refractivity contribution in [1.29, 1.82) is 0 Å². The Balaban J connectivity index is 1.81. The SMILES string of the molecule is O=C(Nc1ccc(Cl)c(S(=O)(=O)N2CCOCC2)c1)C1CCOC1. The van der Waals surface area contributed by atoms with Crippen LogP contribution in [0.1, 0.15) is 6.42 Å². The number of sulfonamides is 1. The summed E-state index contributed by atoms with van der Waals surface area (Å²) in [5.74, 6) is -0.385. The molecule has 0 radical (unpaired) electrons. The fourth-order valence-electron chi connectivity index (χ4n) is 2.69. The third-order valence-corrected chi connectivity index (χ3v) is 6.47. The van der Waals surface area contributed by atoms with E-state index in [-0.39, 0.29) is 34.8 Å². The van der Waals surface area contributed by atoms with E-state index in [0.717, 1.165) is 0 Å². The summed E-state index contributed by atoms with van der Waals surface area (Å²) in [7, 11) is -3.72. The number of nitrogens with zero attached hydrogens (tertiary/aromatic N) is 1. The average molecular weight is 375 g/mol. The van der Waals surface area contributed by atoms with Gasteiger partial charge in [-0.3, -0.25) is 4.79 Å². The molecule has 0 aliphatic carbocycles. The van der Waals surface area contributed by atoms with Crippen LogP contribution in [0.2, 0.25) is 5.02 Å². The van der Waals surface area contributed by atoms with Crippen molar-refractivity contribution in [2.45, 2.75) is 11.3 Å². The number of hydrogen-bond donors (Lipinski definition) is 1. The highest BCUT2D eigenvalue weighted by molar-refractivity contribution is 7.89. The van der Waals surface area contributed by atoms with E-state index in [9.17, 15) is 13.2 Å². The number of halogens is 1. The molecule has 1 unspecified atom stereocenters. The largest absolute Gasteiger partial charge is 0.381 e. The summed E-state index contributed by atoms with van der Waals surface area (Å²) in [6.07, 6.45) is 0.665. The van der Waals surface area contributed by atoms with Crippen molar-refractivity contribution in [1.82, 2.24) is 4.31 Å². The van der Waals surface area contributed by atoms with Crippen LogP contribution in [0.3, 0.4) is 0 Å². The van der Waals surface area contributed by atoms with Crippen molar-refractivity contribution in [3.05, 3.63) is 23.2 Å². The van der Waals surface area contributed by atoms with E-state index < -0.39 is 10.0 Å². The third-order valence-electron chi connectivity index (χ3n) is 4.09.